The molecule has 1 aliphatic carbocycles. The summed E-state index contributed by atoms with van der Waals surface area (Å²) in [5.41, 5.74) is 0.849. The van der Waals surface area contributed by atoms with Crippen molar-refractivity contribution in [2.75, 3.05) is 51.4 Å². The second-order valence-corrected chi connectivity index (χ2v) is 6.95. The molecule has 27 heavy (non-hydrogen) atoms. The molecular formula is C20H30N4O3. The molecule has 0 unspecified atom stereocenters. The van der Waals surface area contributed by atoms with E-state index < -0.39 is 0 Å². The summed E-state index contributed by atoms with van der Waals surface area (Å²) in [7, 11) is 1.76. The zero-order valence-corrected chi connectivity index (χ0v) is 16.1. The number of nitrogens with zero attached hydrogens (tertiary/aromatic N) is 2. The van der Waals surface area contributed by atoms with Gasteiger partial charge in [-0.1, -0.05) is 12.1 Å². The molecule has 7 heteroatoms. The third-order valence-corrected chi connectivity index (χ3v) is 4.69. The number of carbonyl (C=O) groups is 1. The Hall–Kier alpha value is -2.28. The molecule has 0 saturated heterocycles. The molecular weight excluding hydrogens is 344 g/mol. The number of nitrogens with one attached hydrogen (secondary N) is 2. The lowest BCUT2D eigenvalue weighted by Crippen LogP contribution is -2.42. The van der Waals surface area contributed by atoms with Crippen LogP contribution in [-0.2, 0) is 9.53 Å². The summed E-state index contributed by atoms with van der Waals surface area (Å²) in [6, 6.07) is 7.66. The Morgan fingerprint density at radius 2 is 2.04 bits per heavy atom. The molecule has 148 valence electrons. The van der Waals surface area contributed by atoms with E-state index in [-0.39, 0.29) is 12.5 Å². The third-order valence-electron chi connectivity index (χ3n) is 4.69. The predicted molar refractivity (Wildman–Crippen MR) is 106 cm³/mol. The standard InChI is InChI=1S/C20H30N4O3/c1-21-20(23-11-5-13-26-14-16-8-9-16)22-10-4-12-24-17-6-2-3-7-18(17)27-15-19(24)25/h2-3,6-7,16H,4-5,8-15H2,1H3,(H2,21,22,23). The molecule has 0 radical (unpaired) electrons. The van der Waals surface area contributed by atoms with Crippen LogP contribution in [0.5, 0.6) is 5.75 Å². The lowest BCUT2D eigenvalue weighted by Gasteiger charge is -2.29. The number of para-hydroxylation sites is 2. The van der Waals surface area contributed by atoms with E-state index in [2.05, 4.69) is 15.6 Å². The Bertz CT molecular complexity index is 646. The van der Waals surface area contributed by atoms with E-state index in [1.54, 1.807) is 11.9 Å². The fraction of sp³-hybridized carbons (Fsp3) is 0.600. The van der Waals surface area contributed by atoms with Crippen LogP contribution >= 0.6 is 0 Å². The molecule has 0 aromatic heterocycles. The topological polar surface area (TPSA) is 75.2 Å². The Balaban J connectivity index is 1.31. The molecule has 0 spiro atoms. The highest BCUT2D eigenvalue weighted by Crippen LogP contribution is 2.31. The van der Waals surface area contributed by atoms with Gasteiger partial charge in [-0.2, -0.15) is 0 Å². The third kappa shape index (κ3) is 6.13. The first-order valence-corrected chi connectivity index (χ1v) is 9.82. The van der Waals surface area contributed by atoms with Gasteiger partial charge in [0.05, 0.1) is 5.69 Å². The van der Waals surface area contributed by atoms with Crippen LogP contribution in [0.2, 0.25) is 0 Å². The van der Waals surface area contributed by atoms with E-state index in [4.69, 9.17) is 9.47 Å². The van der Waals surface area contributed by atoms with E-state index in [0.29, 0.717) is 6.54 Å². The number of guanidine groups is 1. The van der Waals surface area contributed by atoms with Crippen molar-refractivity contribution in [3.8, 4) is 5.75 Å². The van der Waals surface area contributed by atoms with Crippen LogP contribution in [0, 0.1) is 5.92 Å². The number of anilines is 1. The molecule has 0 bridgehead atoms. The molecule has 1 saturated carbocycles. The van der Waals surface area contributed by atoms with Crippen LogP contribution < -0.4 is 20.3 Å². The first kappa shape index (κ1) is 19.5. The van der Waals surface area contributed by atoms with Crippen LogP contribution in [0.3, 0.4) is 0 Å². The molecule has 0 atom stereocenters. The molecule has 1 aliphatic heterocycles. The van der Waals surface area contributed by atoms with Gasteiger partial charge >= 0.3 is 0 Å². The summed E-state index contributed by atoms with van der Waals surface area (Å²) in [5.74, 6) is 2.37. The number of hydrogen-bond donors (Lipinski definition) is 2. The Kier molecular flexibility index (Phi) is 7.33. The largest absolute Gasteiger partial charge is 0.482 e. The van der Waals surface area contributed by atoms with Crippen LogP contribution in [0.15, 0.2) is 29.3 Å². The number of hydrogen-bond acceptors (Lipinski definition) is 4. The monoisotopic (exact) mass is 374 g/mol. The quantitative estimate of drug-likeness (QED) is 0.371. The SMILES string of the molecule is CN=C(NCCCOCC1CC1)NCCCN1C(=O)COc2ccccc21. The van der Waals surface area contributed by atoms with Gasteiger partial charge < -0.3 is 25.0 Å². The molecule has 1 fully saturated rings. The maximum absolute atomic E-state index is 12.1. The number of carbonyl (C=O) groups excluding carboxylic acids is 1. The molecule has 2 aliphatic rings. The van der Waals surface area contributed by atoms with Crippen molar-refractivity contribution in [1.82, 2.24) is 10.6 Å². The fourth-order valence-corrected chi connectivity index (χ4v) is 2.98. The van der Waals surface area contributed by atoms with Crippen molar-refractivity contribution in [2.24, 2.45) is 10.9 Å². The van der Waals surface area contributed by atoms with Crippen LogP contribution in [0.1, 0.15) is 25.7 Å². The number of amides is 1. The zero-order valence-electron chi connectivity index (χ0n) is 16.1. The van der Waals surface area contributed by atoms with Crippen molar-refractivity contribution >= 4 is 17.6 Å². The molecule has 1 aromatic rings. The molecule has 2 N–H and O–H groups in total. The van der Waals surface area contributed by atoms with Gasteiger partial charge in [-0.25, -0.2) is 0 Å². The molecule has 7 nitrogen and oxygen atoms in total. The van der Waals surface area contributed by atoms with E-state index in [1.165, 1.54) is 12.8 Å². The highest BCUT2D eigenvalue weighted by Gasteiger charge is 2.24. The second-order valence-electron chi connectivity index (χ2n) is 6.95. The van der Waals surface area contributed by atoms with E-state index >= 15 is 0 Å². The molecule has 1 heterocycles. The normalized spacial score (nSPS) is 16.7. The minimum Gasteiger partial charge on any atom is -0.482 e. The Labute approximate surface area is 161 Å². The van der Waals surface area contributed by atoms with Crippen molar-refractivity contribution in [3.63, 3.8) is 0 Å². The van der Waals surface area contributed by atoms with E-state index in [0.717, 1.165) is 62.5 Å². The summed E-state index contributed by atoms with van der Waals surface area (Å²) < 4.78 is 11.1. The highest BCUT2D eigenvalue weighted by molar-refractivity contribution is 5.97. The van der Waals surface area contributed by atoms with Gasteiger partial charge in [0.2, 0.25) is 0 Å². The van der Waals surface area contributed by atoms with Crippen molar-refractivity contribution in [2.45, 2.75) is 25.7 Å². The van der Waals surface area contributed by atoms with Crippen LogP contribution in [0.4, 0.5) is 5.69 Å². The van der Waals surface area contributed by atoms with Crippen molar-refractivity contribution < 1.29 is 14.3 Å². The molecule has 1 amide bonds. The van der Waals surface area contributed by atoms with Gasteiger partial charge in [-0.3, -0.25) is 9.79 Å². The van der Waals surface area contributed by atoms with Gasteiger partial charge in [0.25, 0.3) is 5.91 Å². The second kappa shape index (κ2) is 10.2. The number of ether oxygens (including phenoxy) is 2. The average molecular weight is 374 g/mol. The minimum atomic E-state index is 0.00223. The molecule has 1 aromatic carbocycles. The minimum absolute atomic E-state index is 0.00223. The van der Waals surface area contributed by atoms with Crippen LogP contribution in [-0.4, -0.2) is 58.4 Å². The maximum atomic E-state index is 12.1. The van der Waals surface area contributed by atoms with Crippen molar-refractivity contribution in [1.29, 1.82) is 0 Å². The number of rotatable bonds is 10. The predicted octanol–water partition coefficient (Wildman–Crippen LogP) is 1.78. The lowest BCUT2D eigenvalue weighted by atomic mass is 10.2. The van der Waals surface area contributed by atoms with E-state index in [9.17, 15) is 4.79 Å². The Morgan fingerprint density at radius 3 is 2.81 bits per heavy atom. The van der Waals surface area contributed by atoms with E-state index in [1.807, 2.05) is 24.3 Å². The highest BCUT2D eigenvalue weighted by atomic mass is 16.5. The van der Waals surface area contributed by atoms with Gasteiger partial charge in [-0.05, 0) is 43.7 Å². The summed E-state index contributed by atoms with van der Waals surface area (Å²) >= 11 is 0. The maximum Gasteiger partial charge on any atom is 0.265 e. The first-order chi connectivity index (χ1) is 13.3. The van der Waals surface area contributed by atoms with Crippen molar-refractivity contribution in [3.05, 3.63) is 24.3 Å². The molecule has 3 rings (SSSR count). The Morgan fingerprint density at radius 1 is 1.26 bits per heavy atom. The summed E-state index contributed by atoms with van der Waals surface area (Å²) in [6.45, 7) is 4.04. The number of fused-ring (bicyclic) bond motifs is 1. The van der Waals surface area contributed by atoms with Gasteiger partial charge in [0.1, 0.15) is 5.75 Å². The summed E-state index contributed by atoms with van der Waals surface area (Å²) in [4.78, 5) is 18.2. The first-order valence-electron chi connectivity index (χ1n) is 9.82. The van der Waals surface area contributed by atoms with Crippen LogP contribution in [0.25, 0.3) is 0 Å². The lowest BCUT2D eigenvalue weighted by molar-refractivity contribution is -0.121. The van der Waals surface area contributed by atoms with Gasteiger partial charge in [0.15, 0.2) is 12.6 Å². The van der Waals surface area contributed by atoms with Gasteiger partial charge in [0, 0.05) is 39.9 Å². The fourth-order valence-electron chi connectivity index (χ4n) is 2.98. The smallest absolute Gasteiger partial charge is 0.265 e. The number of benzene rings is 1. The number of aliphatic imine (C=N–C) groups is 1. The average Bonchev–Trinajstić information content (AvgIpc) is 3.52. The summed E-state index contributed by atoms with van der Waals surface area (Å²) in [5, 5.41) is 6.59. The summed E-state index contributed by atoms with van der Waals surface area (Å²) in [6.07, 6.45) is 4.45. The zero-order chi connectivity index (χ0) is 18.9. The van der Waals surface area contributed by atoms with Gasteiger partial charge in [-0.15, -0.1) is 0 Å².